The van der Waals surface area contributed by atoms with Gasteiger partial charge in [0.1, 0.15) is 12.1 Å². The van der Waals surface area contributed by atoms with Crippen LogP contribution in [0.4, 0.5) is 24.5 Å². The van der Waals surface area contributed by atoms with Gasteiger partial charge >= 0.3 is 6.18 Å². The zero-order chi connectivity index (χ0) is 24.9. The number of carbonyl (C=O) groups is 1. The molecule has 0 unspecified atom stereocenters. The van der Waals surface area contributed by atoms with E-state index in [1.807, 2.05) is 7.05 Å². The molecule has 11 heteroatoms. The lowest BCUT2D eigenvalue weighted by atomic mass is 10.0. The monoisotopic (exact) mass is 489 g/mol. The molecule has 1 N–H and O–H groups in total. The van der Waals surface area contributed by atoms with Crippen LogP contribution in [0, 0.1) is 11.3 Å². The van der Waals surface area contributed by atoms with Crippen molar-refractivity contribution in [1.29, 1.82) is 5.26 Å². The van der Waals surface area contributed by atoms with Gasteiger partial charge in [0.15, 0.2) is 5.11 Å². The standard InChI is InChI=1S/C23H22F3N5O2S/c1-21(2)19(32)30(15-5-4-14(11-27)17(10-15)23(24,25)26)20(34)31(21)16-6-7-18(29-12-16)33-13-22(28-3)8-9-22/h4-7,10,12,28H,8-9,13H2,1-3H3. The minimum atomic E-state index is -4.76. The van der Waals surface area contributed by atoms with Crippen molar-refractivity contribution >= 4 is 34.6 Å². The topological polar surface area (TPSA) is 81.5 Å². The molecule has 7 nitrogen and oxygen atoms in total. The minimum absolute atomic E-state index is 0.00965. The molecule has 4 rings (SSSR count). The maximum absolute atomic E-state index is 13.5. The Labute approximate surface area is 200 Å². The van der Waals surface area contributed by atoms with Crippen LogP contribution in [0.5, 0.6) is 5.88 Å². The summed E-state index contributed by atoms with van der Waals surface area (Å²) >= 11 is 5.52. The number of pyridine rings is 1. The first-order valence-electron chi connectivity index (χ1n) is 10.5. The number of nitriles is 1. The van der Waals surface area contributed by atoms with Gasteiger partial charge in [-0.05, 0) is 70.2 Å². The average Bonchev–Trinajstić information content (AvgIpc) is 3.55. The highest BCUT2D eigenvalue weighted by atomic mass is 32.1. The minimum Gasteiger partial charge on any atom is -0.476 e. The Kier molecular flexibility index (Phi) is 5.78. The number of nitrogens with one attached hydrogen (secondary N) is 1. The second-order valence-electron chi connectivity index (χ2n) is 8.83. The van der Waals surface area contributed by atoms with Gasteiger partial charge in [-0.3, -0.25) is 9.69 Å². The molecule has 0 atom stereocenters. The van der Waals surface area contributed by atoms with Crippen molar-refractivity contribution < 1.29 is 22.7 Å². The average molecular weight is 490 g/mol. The highest BCUT2D eigenvalue weighted by Crippen LogP contribution is 2.40. The van der Waals surface area contributed by atoms with Gasteiger partial charge < -0.3 is 15.0 Å². The maximum Gasteiger partial charge on any atom is 0.417 e. The fourth-order valence-corrected chi connectivity index (χ4v) is 4.40. The molecule has 0 bridgehead atoms. The third-order valence-electron chi connectivity index (χ3n) is 6.21. The van der Waals surface area contributed by atoms with E-state index in [1.54, 1.807) is 30.9 Å². The molecule has 0 spiro atoms. The van der Waals surface area contributed by atoms with Gasteiger partial charge in [-0.15, -0.1) is 0 Å². The van der Waals surface area contributed by atoms with Gasteiger partial charge in [0.05, 0.1) is 40.3 Å². The number of carbonyl (C=O) groups excluding carboxylic acids is 1. The number of hydrogen-bond donors (Lipinski definition) is 1. The summed E-state index contributed by atoms with van der Waals surface area (Å²) < 4.78 is 46.2. The Bertz CT molecular complexity index is 1190. The van der Waals surface area contributed by atoms with Crippen LogP contribution in [0.3, 0.4) is 0 Å². The molecule has 178 valence electrons. The zero-order valence-corrected chi connectivity index (χ0v) is 19.5. The first-order valence-corrected chi connectivity index (χ1v) is 10.9. The Morgan fingerprint density at radius 2 is 1.91 bits per heavy atom. The molecular weight excluding hydrogens is 467 g/mol. The van der Waals surface area contributed by atoms with Gasteiger partial charge in [-0.25, -0.2) is 4.98 Å². The summed E-state index contributed by atoms with van der Waals surface area (Å²) in [6.07, 6.45) is -1.19. The Balaban J connectivity index is 1.62. The zero-order valence-electron chi connectivity index (χ0n) is 18.7. The van der Waals surface area contributed by atoms with Crippen LogP contribution < -0.4 is 19.9 Å². The molecule has 1 saturated heterocycles. The van der Waals surface area contributed by atoms with Crippen LogP contribution >= 0.6 is 12.2 Å². The molecule has 34 heavy (non-hydrogen) atoms. The first kappa shape index (κ1) is 23.9. The van der Waals surface area contributed by atoms with Crippen molar-refractivity contribution in [3.63, 3.8) is 0 Å². The lowest BCUT2D eigenvalue weighted by Gasteiger charge is -2.29. The number of ether oxygens (including phenoxy) is 1. The second-order valence-corrected chi connectivity index (χ2v) is 9.20. The van der Waals surface area contributed by atoms with Gasteiger partial charge in [0.25, 0.3) is 5.91 Å². The quantitative estimate of drug-likeness (QED) is 0.614. The molecule has 0 radical (unpaired) electrons. The fourth-order valence-electron chi connectivity index (χ4n) is 3.88. The predicted octanol–water partition coefficient (Wildman–Crippen LogP) is 4.02. The van der Waals surface area contributed by atoms with E-state index in [9.17, 15) is 18.0 Å². The molecule has 1 saturated carbocycles. The molecule has 2 fully saturated rings. The van der Waals surface area contributed by atoms with E-state index in [1.165, 1.54) is 18.3 Å². The Hall–Kier alpha value is -3.23. The Morgan fingerprint density at radius 3 is 2.44 bits per heavy atom. The third kappa shape index (κ3) is 4.08. The van der Waals surface area contributed by atoms with E-state index in [4.69, 9.17) is 22.2 Å². The SMILES string of the molecule is CNC1(COc2ccc(N3C(=S)N(c4ccc(C#N)c(C(F)(F)F)c4)C(=O)C3(C)C)cn2)CC1. The van der Waals surface area contributed by atoms with E-state index in [0.717, 1.165) is 29.9 Å². The molecule has 1 aromatic heterocycles. The normalized spacial score (nSPS) is 18.7. The number of amides is 1. The summed E-state index contributed by atoms with van der Waals surface area (Å²) in [6.45, 7) is 3.74. The van der Waals surface area contributed by atoms with Gasteiger partial charge in [0, 0.05) is 6.07 Å². The number of aromatic nitrogens is 1. The highest BCUT2D eigenvalue weighted by Gasteiger charge is 2.51. The van der Waals surface area contributed by atoms with E-state index in [0.29, 0.717) is 18.2 Å². The number of likely N-dealkylation sites (N-methyl/N-ethyl adjacent to an activating group) is 1. The summed E-state index contributed by atoms with van der Waals surface area (Å²) in [5.41, 5.74) is -2.42. The number of halogens is 3. The van der Waals surface area contributed by atoms with Crippen LogP contribution in [-0.4, -0.2) is 40.7 Å². The van der Waals surface area contributed by atoms with Crippen LogP contribution in [0.25, 0.3) is 0 Å². The van der Waals surface area contributed by atoms with Crippen molar-refractivity contribution in [1.82, 2.24) is 10.3 Å². The largest absolute Gasteiger partial charge is 0.476 e. The summed E-state index contributed by atoms with van der Waals surface area (Å²) in [4.78, 5) is 20.2. The van der Waals surface area contributed by atoms with Crippen molar-refractivity contribution in [2.75, 3.05) is 23.5 Å². The summed E-state index contributed by atoms with van der Waals surface area (Å²) in [7, 11) is 1.89. The number of hydrogen-bond acceptors (Lipinski definition) is 6. The van der Waals surface area contributed by atoms with Gasteiger partial charge in [0.2, 0.25) is 5.88 Å². The van der Waals surface area contributed by atoms with Gasteiger partial charge in [-0.1, -0.05) is 0 Å². The molecule has 1 aromatic carbocycles. The second kappa shape index (κ2) is 8.21. The number of thiocarbonyl (C=S) groups is 1. The lowest BCUT2D eigenvalue weighted by molar-refractivity contribution is -0.137. The fraction of sp³-hybridized carbons (Fsp3) is 0.391. The summed E-state index contributed by atoms with van der Waals surface area (Å²) in [5, 5.41) is 12.3. The lowest BCUT2D eigenvalue weighted by Crippen LogP contribution is -2.44. The predicted molar refractivity (Wildman–Crippen MR) is 124 cm³/mol. The molecule has 1 aliphatic carbocycles. The number of rotatable bonds is 6. The maximum atomic E-state index is 13.5. The summed E-state index contributed by atoms with van der Waals surface area (Å²) in [5.74, 6) is -0.0846. The molecule has 1 aliphatic heterocycles. The Morgan fingerprint density at radius 1 is 1.24 bits per heavy atom. The summed E-state index contributed by atoms with van der Waals surface area (Å²) in [6, 6.07) is 7.99. The van der Waals surface area contributed by atoms with E-state index >= 15 is 0 Å². The molecule has 2 aromatic rings. The van der Waals surface area contributed by atoms with Crippen LogP contribution in [-0.2, 0) is 11.0 Å². The van der Waals surface area contributed by atoms with Gasteiger partial charge in [-0.2, -0.15) is 18.4 Å². The third-order valence-corrected chi connectivity index (χ3v) is 6.58. The molecule has 2 heterocycles. The van der Waals surface area contributed by atoms with Crippen LogP contribution in [0.1, 0.15) is 37.8 Å². The molecule has 1 amide bonds. The van der Waals surface area contributed by atoms with Crippen LogP contribution in [0.15, 0.2) is 36.5 Å². The number of benzene rings is 1. The van der Waals surface area contributed by atoms with Crippen molar-refractivity contribution in [3.8, 4) is 11.9 Å². The van der Waals surface area contributed by atoms with Crippen molar-refractivity contribution in [2.24, 2.45) is 0 Å². The number of nitrogens with zero attached hydrogens (tertiary/aromatic N) is 4. The number of anilines is 2. The van der Waals surface area contributed by atoms with E-state index < -0.39 is 28.7 Å². The number of alkyl halides is 3. The van der Waals surface area contributed by atoms with Crippen molar-refractivity contribution in [2.45, 2.75) is 43.9 Å². The molecule has 2 aliphatic rings. The highest BCUT2D eigenvalue weighted by molar-refractivity contribution is 7.81. The van der Waals surface area contributed by atoms with Crippen molar-refractivity contribution in [3.05, 3.63) is 47.7 Å². The first-order chi connectivity index (χ1) is 15.9. The molecular formula is C23H22F3N5O2S. The van der Waals surface area contributed by atoms with Crippen LogP contribution in [0.2, 0.25) is 0 Å². The van der Waals surface area contributed by atoms with E-state index in [2.05, 4.69) is 10.3 Å². The van der Waals surface area contributed by atoms with E-state index in [-0.39, 0.29) is 16.3 Å². The smallest absolute Gasteiger partial charge is 0.417 e.